The van der Waals surface area contributed by atoms with Gasteiger partial charge in [-0.05, 0) is 35.0 Å². The number of ether oxygens (including phenoxy) is 1. The van der Waals surface area contributed by atoms with E-state index in [1.54, 1.807) is 25.3 Å². The van der Waals surface area contributed by atoms with E-state index in [1.165, 1.54) is 19.1 Å². The quantitative estimate of drug-likeness (QED) is 0.829. The molecule has 0 fully saturated rings. The standard InChI is InChI=1S/C13H14N2O4S/c1-9(16)14-15-20(17,18)13-6-4-10-3-5-12(19-2)7-11(10)8-13/h3-8,15H,1-2H3,(H,14,16). The molecule has 0 unspecified atom stereocenters. The highest BCUT2D eigenvalue weighted by Gasteiger charge is 2.14. The number of sulfonamides is 1. The fourth-order valence-electron chi connectivity index (χ4n) is 1.70. The van der Waals surface area contributed by atoms with Crippen LogP contribution in [-0.4, -0.2) is 21.4 Å². The molecule has 0 saturated carbocycles. The number of hydrogen-bond acceptors (Lipinski definition) is 4. The molecule has 106 valence electrons. The van der Waals surface area contributed by atoms with Crippen molar-refractivity contribution in [3.05, 3.63) is 36.4 Å². The van der Waals surface area contributed by atoms with Crippen LogP contribution in [0.25, 0.3) is 10.8 Å². The summed E-state index contributed by atoms with van der Waals surface area (Å²) in [5, 5.41) is 1.62. The van der Waals surface area contributed by atoms with Crippen molar-refractivity contribution >= 4 is 26.7 Å². The molecule has 0 heterocycles. The Bertz CT molecular complexity index is 756. The molecule has 0 aliphatic heterocycles. The topological polar surface area (TPSA) is 84.5 Å². The highest BCUT2D eigenvalue weighted by atomic mass is 32.2. The Labute approximate surface area is 116 Å². The number of benzene rings is 2. The number of nitrogens with one attached hydrogen (secondary N) is 2. The van der Waals surface area contributed by atoms with Crippen molar-refractivity contribution in [1.82, 2.24) is 10.3 Å². The number of carbonyl (C=O) groups excluding carboxylic acids is 1. The second-order valence-electron chi connectivity index (χ2n) is 4.16. The number of carbonyl (C=O) groups is 1. The summed E-state index contributed by atoms with van der Waals surface area (Å²) in [6.07, 6.45) is 0. The SMILES string of the molecule is COc1ccc2ccc(S(=O)(=O)NNC(C)=O)cc2c1. The van der Waals surface area contributed by atoms with Crippen LogP contribution in [-0.2, 0) is 14.8 Å². The lowest BCUT2D eigenvalue weighted by Gasteiger charge is -2.08. The van der Waals surface area contributed by atoms with E-state index in [9.17, 15) is 13.2 Å². The molecule has 0 saturated heterocycles. The summed E-state index contributed by atoms with van der Waals surface area (Å²) in [6.45, 7) is 1.22. The Morgan fingerprint density at radius 1 is 1.10 bits per heavy atom. The molecule has 2 N–H and O–H groups in total. The van der Waals surface area contributed by atoms with E-state index in [-0.39, 0.29) is 4.90 Å². The molecule has 6 nitrogen and oxygen atoms in total. The number of amides is 1. The van der Waals surface area contributed by atoms with Crippen molar-refractivity contribution < 1.29 is 17.9 Å². The van der Waals surface area contributed by atoms with Crippen molar-refractivity contribution in [3.8, 4) is 5.75 Å². The van der Waals surface area contributed by atoms with E-state index in [0.717, 1.165) is 10.8 Å². The first-order valence-corrected chi connectivity index (χ1v) is 7.27. The van der Waals surface area contributed by atoms with E-state index in [0.29, 0.717) is 5.75 Å². The molecule has 7 heteroatoms. The average molecular weight is 294 g/mol. The minimum atomic E-state index is -3.79. The molecule has 0 atom stereocenters. The number of rotatable bonds is 4. The van der Waals surface area contributed by atoms with Crippen LogP contribution in [0.2, 0.25) is 0 Å². The molecule has 1 amide bonds. The predicted octanol–water partition coefficient (Wildman–Crippen LogP) is 1.18. The van der Waals surface area contributed by atoms with Crippen LogP contribution in [0.15, 0.2) is 41.3 Å². The summed E-state index contributed by atoms with van der Waals surface area (Å²) < 4.78 is 29.1. The number of methoxy groups -OCH3 is 1. The van der Waals surface area contributed by atoms with Gasteiger partial charge >= 0.3 is 0 Å². The van der Waals surface area contributed by atoms with Crippen LogP contribution in [0.5, 0.6) is 5.75 Å². The Kier molecular flexibility index (Phi) is 3.91. The van der Waals surface area contributed by atoms with Crippen LogP contribution in [0.3, 0.4) is 0 Å². The van der Waals surface area contributed by atoms with Gasteiger partial charge in [-0.15, -0.1) is 4.83 Å². The van der Waals surface area contributed by atoms with Crippen LogP contribution in [0.1, 0.15) is 6.92 Å². The first kappa shape index (κ1) is 14.3. The predicted molar refractivity (Wildman–Crippen MR) is 74.6 cm³/mol. The molecule has 0 aliphatic rings. The maximum Gasteiger partial charge on any atom is 0.257 e. The monoisotopic (exact) mass is 294 g/mol. The minimum Gasteiger partial charge on any atom is -0.497 e. The average Bonchev–Trinajstić information content (AvgIpc) is 2.44. The van der Waals surface area contributed by atoms with Crippen molar-refractivity contribution in [2.75, 3.05) is 7.11 Å². The summed E-state index contributed by atoms with van der Waals surface area (Å²) in [6, 6.07) is 10.1. The summed E-state index contributed by atoms with van der Waals surface area (Å²) in [5.41, 5.74) is 2.05. The fourth-order valence-corrected chi connectivity index (χ4v) is 2.62. The molecule has 0 aromatic heterocycles. The largest absolute Gasteiger partial charge is 0.497 e. The Morgan fingerprint density at radius 3 is 2.45 bits per heavy atom. The van der Waals surface area contributed by atoms with Gasteiger partial charge in [0.2, 0.25) is 5.91 Å². The fraction of sp³-hybridized carbons (Fsp3) is 0.154. The lowest BCUT2D eigenvalue weighted by atomic mass is 10.1. The van der Waals surface area contributed by atoms with E-state index in [4.69, 9.17) is 4.74 Å². The van der Waals surface area contributed by atoms with Gasteiger partial charge in [0.1, 0.15) is 5.75 Å². The molecular formula is C13H14N2O4S. The maximum atomic E-state index is 12.0. The number of fused-ring (bicyclic) bond motifs is 1. The molecular weight excluding hydrogens is 280 g/mol. The summed E-state index contributed by atoms with van der Waals surface area (Å²) >= 11 is 0. The first-order chi connectivity index (χ1) is 9.42. The van der Waals surface area contributed by atoms with Gasteiger partial charge in [-0.2, -0.15) is 0 Å². The van der Waals surface area contributed by atoms with Gasteiger partial charge in [0.15, 0.2) is 0 Å². The molecule has 2 rings (SSSR count). The lowest BCUT2D eigenvalue weighted by molar-refractivity contribution is -0.119. The third-order valence-electron chi connectivity index (χ3n) is 2.69. The molecule has 2 aromatic rings. The lowest BCUT2D eigenvalue weighted by Crippen LogP contribution is -2.40. The highest BCUT2D eigenvalue weighted by Crippen LogP contribution is 2.23. The molecule has 0 spiro atoms. The van der Waals surface area contributed by atoms with Gasteiger partial charge in [0, 0.05) is 6.92 Å². The van der Waals surface area contributed by atoms with Gasteiger partial charge in [0.05, 0.1) is 12.0 Å². The second kappa shape index (κ2) is 5.48. The van der Waals surface area contributed by atoms with Crippen LogP contribution in [0.4, 0.5) is 0 Å². The van der Waals surface area contributed by atoms with Gasteiger partial charge in [0.25, 0.3) is 10.0 Å². The molecule has 20 heavy (non-hydrogen) atoms. The van der Waals surface area contributed by atoms with Crippen molar-refractivity contribution in [3.63, 3.8) is 0 Å². The van der Waals surface area contributed by atoms with Crippen molar-refractivity contribution in [1.29, 1.82) is 0 Å². The molecule has 2 aromatic carbocycles. The highest BCUT2D eigenvalue weighted by molar-refractivity contribution is 7.89. The van der Waals surface area contributed by atoms with E-state index in [2.05, 4.69) is 5.43 Å². The normalized spacial score (nSPS) is 11.3. The Balaban J connectivity index is 2.42. The smallest absolute Gasteiger partial charge is 0.257 e. The second-order valence-corrected chi connectivity index (χ2v) is 5.84. The first-order valence-electron chi connectivity index (χ1n) is 5.78. The van der Waals surface area contributed by atoms with Crippen LogP contribution < -0.4 is 15.0 Å². The van der Waals surface area contributed by atoms with E-state index >= 15 is 0 Å². The van der Waals surface area contributed by atoms with Crippen molar-refractivity contribution in [2.45, 2.75) is 11.8 Å². The molecule has 0 aliphatic carbocycles. The van der Waals surface area contributed by atoms with E-state index in [1.807, 2.05) is 10.9 Å². The van der Waals surface area contributed by atoms with Crippen LogP contribution in [0, 0.1) is 0 Å². The van der Waals surface area contributed by atoms with Gasteiger partial charge in [-0.1, -0.05) is 12.1 Å². The summed E-state index contributed by atoms with van der Waals surface area (Å²) in [4.78, 5) is 12.8. The minimum absolute atomic E-state index is 0.0620. The zero-order valence-electron chi connectivity index (χ0n) is 11.0. The molecule has 0 bridgehead atoms. The zero-order chi connectivity index (χ0) is 14.8. The third kappa shape index (κ3) is 3.06. The molecule has 0 radical (unpaired) electrons. The van der Waals surface area contributed by atoms with Gasteiger partial charge in [-0.25, -0.2) is 8.42 Å². The third-order valence-corrected chi connectivity index (χ3v) is 3.94. The van der Waals surface area contributed by atoms with E-state index < -0.39 is 15.9 Å². The number of hydrazine groups is 1. The maximum absolute atomic E-state index is 12.0. The summed E-state index contributed by atoms with van der Waals surface area (Å²) in [5.74, 6) is 0.151. The van der Waals surface area contributed by atoms with Crippen LogP contribution >= 0.6 is 0 Å². The Morgan fingerprint density at radius 2 is 1.80 bits per heavy atom. The van der Waals surface area contributed by atoms with Gasteiger partial charge < -0.3 is 4.74 Å². The van der Waals surface area contributed by atoms with Gasteiger partial charge in [-0.3, -0.25) is 10.2 Å². The van der Waals surface area contributed by atoms with Crippen molar-refractivity contribution in [2.24, 2.45) is 0 Å². The zero-order valence-corrected chi connectivity index (χ0v) is 11.8. The summed E-state index contributed by atoms with van der Waals surface area (Å²) in [7, 11) is -2.25. The Hall–Kier alpha value is -2.12. The number of hydrogen-bond donors (Lipinski definition) is 2.